The van der Waals surface area contributed by atoms with Gasteiger partial charge in [-0.05, 0) is 37.7 Å². The van der Waals surface area contributed by atoms with Gasteiger partial charge in [0.15, 0.2) is 0 Å². The predicted molar refractivity (Wildman–Crippen MR) is 76.8 cm³/mol. The van der Waals surface area contributed by atoms with E-state index in [1.54, 1.807) is 24.3 Å². The Morgan fingerprint density at radius 2 is 2.16 bits per heavy atom. The Morgan fingerprint density at radius 3 is 2.79 bits per heavy atom. The number of benzene rings is 1. The molecule has 0 heterocycles. The van der Waals surface area contributed by atoms with E-state index in [-0.39, 0.29) is 5.91 Å². The molecule has 0 aromatic heterocycles. The molecule has 0 bridgehead atoms. The third-order valence-electron chi connectivity index (χ3n) is 2.92. The molecule has 1 aromatic carbocycles. The maximum Gasteiger partial charge on any atom is 0.225 e. The monoisotopic (exact) mass is 259 g/mol. The minimum Gasteiger partial charge on any atom is -0.326 e. The summed E-state index contributed by atoms with van der Waals surface area (Å²) in [6.45, 7) is 6.99. The second-order valence-electron chi connectivity index (χ2n) is 4.43. The zero-order valence-corrected chi connectivity index (χ0v) is 11.6. The van der Waals surface area contributed by atoms with Gasteiger partial charge in [-0.1, -0.05) is 19.9 Å². The Hall–Kier alpha value is -1.86. The van der Waals surface area contributed by atoms with Gasteiger partial charge in [0.05, 0.1) is 11.6 Å². The van der Waals surface area contributed by atoms with E-state index < -0.39 is 0 Å². The first-order valence-corrected chi connectivity index (χ1v) is 6.72. The number of anilines is 1. The molecule has 19 heavy (non-hydrogen) atoms. The van der Waals surface area contributed by atoms with E-state index in [1.807, 2.05) is 0 Å². The smallest absolute Gasteiger partial charge is 0.225 e. The number of nitriles is 1. The van der Waals surface area contributed by atoms with Crippen LogP contribution < -0.4 is 5.32 Å². The zero-order chi connectivity index (χ0) is 14.1. The number of hydrogen-bond acceptors (Lipinski definition) is 3. The Bertz CT molecular complexity index is 451. The van der Waals surface area contributed by atoms with E-state index in [0.29, 0.717) is 17.7 Å². The molecule has 4 nitrogen and oxygen atoms in total. The second kappa shape index (κ2) is 8.28. The van der Waals surface area contributed by atoms with Gasteiger partial charge >= 0.3 is 0 Å². The Kier molecular flexibility index (Phi) is 6.62. The molecule has 102 valence electrons. The van der Waals surface area contributed by atoms with Gasteiger partial charge in [-0.15, -0.1) is 0 Å². The van der Waals surface area contributed by atoms with E-state index >= 15 is 0 Å². The normalized spacial score (nSPS) is 10.2. The van der Waals surface area contributed by atoms with Crippen LogP contribution in [0.1, 0.15) is 32.3 Å². The number of rotatable bonds is 7. The van der Waals surface area contributed by atoms with Crippen molar-refractivity contribution in [2.24, 2.45) is 0 Å². The first-order chi connectivity index (χ1) is 9.19. The van der Waals surface area contributed by atoms with Crippen LogP contribution >= 0.6 is 0 Å². The van der Waals surface area contributed by atoms with Crippen LogP contribution in [-0.4, -0.2) is 30.4 Å². The zero-order valence-electron chi connectivity index (χ0n) is 11.6. The molecule has 0 unspecified atom stereocenters. The second-order valence-corrected chi connectivity index (χ2v) is 4.43. The molecule has 1 aromatic rings. The van der Waals surface area contributed by atoms with Gasteiger partial charge in [0.2, 0.25) is 5.91 Å². The van der Waals surface area contributed by atoms with E-state index in [0.717, 1.165) is 26.1 Å². The van der Waals surface area contributed by atoms with Crippen LogP contribution in [0, 0.1) is 11.3 Å². The standard InChI is InChI=1S/C15H21N3O/c1-3-9-18(4-2)10-8-15(19)17-14-7-5-6-13(11-14)12-16/h5-7,11H,3-4,8-10H2,1-2H3,(H,17,19). The minimum absolute atomic E-state index is 0.00959. The number of nitrogens with zero attached hydrogens (tertiary/aromatic N) is 2. The van der Waals surface area contributed by atoms with Crippen LogP contribution in [0.5, 0.6) is 0 Å². The van der Waals surface area contributed by atoms with Gasteiger partial charge < -0.3 is 10.2 Å². The number of carbonyl (C=O) groups excluding carboxylic acids is 1. The van der Waals surface area contributed by atoms with Gasteiger partial charge in [-0.3, -0.25) is 4.79 Å². The van der Waals surface area contributed by atoms with Crippen molar-refractivity contribution >= 4 is 11.6 Å². The van der Waals surface area contributed by atoms with Gasteiger partial charge in [0.25, 0.3) is 0 Å². The van der Waals surface area contributed by atoms with Crippen molar-refractivity contribution in [3.8, 4) is 6.07 Å². The third-order valence-corrected chi connectivity index (χ3v) is 2.92. The van der Waals surface area contributed by atoms with E-state index in [2.05, 4.69) is 30.1 Å². The highest BCUT2D eigenvalue weighted by Crippen LogP contribution is 2.10. The minimum atomic E-state index is -0.00959. The highest BCUT2D eigenvalue weighted by atomic mass is 16.1. The molecule has 0 saturated carbocycles. The van der Waals surface area contributed by atoms with Crippen LogP contribution in [0.15, 0.2) is 24.3 Å². The molecule has 0 aliphatic rings. The van der Waals surface area contributed by atoms with E-state index in [1.165, 1.54) is 0 Å². The highest BCUT2D eigenvalue weighted by molar-refractivity contribution is 5.90. The van der Waals surface area contributed by atoms with Crippen molar-refractivity contribution in [3.63, 3.8) is 0 Å². The van der Waals surface area contributed by atoms with Gasteiger partial charge in [0, 0.05) is 18.7 Å². The third kappa shape index (κ3) is 5.54. The molecular weight excluding hydrogens is 238 g/mol. The number of nitrogens with one attached hydrogen (secondary N) is 1. The summed E-state index contributed by atoms with van der Waals surface area (Å²) < 4.78 is 0. The van der Waals surface area contributed by atoms with Crippen molar-refractivity contribution in [2.75, 3.05) is 25.0 Å². The molecule has 1 rings (SSSR count). The van der Waals surface area contributed by atoms with Crippen LogP contribution in [0.2, 0.25) is 0 Å². The number of carbonyl (C=O) groups is 1. The molecule has 0 aliphatic heterocycles. The quantitative estimate of drug-likeness (QED) is 0.819. The fourth-order valence-electron chi connectivity index (χ4n) is 1.89. The van der Waals surface area contributed by atoms with Crippen molar-refractivity contribution in [1.29, 1.82) is 5.26 Å². The van der Waals surface area contributed by atoms with Crippen LogP contribution in [0.3, 0.4) is 0 Å². The number of amides is 1. The highest BCUT2D eigenvalue weighted by Gasteiger charge is 2.06. The summed E-state index contributed by atoms with van der Waals surface area (Å²) in [5.41, 5.74) is 1.24. The summed E-state index contributed by atoms with van der Waals surface area (Å²) >= 11 is 0. The fourth-order valence-corrected chi connectivity index (χ4v) is 1.89. The predicted octanol–water partition coefficient (Wildman–Crippen LogP) is 2.62. The van der Waals surface area contributed by atoms with E-state index in [4.69, 9.17) is 5.26 Å². The van der Waals surface area contributed by atoms with Crippen molar-refractivity contribution in [3.05, 3.63) is 29.8 Å². The topological polar surface area (TPSA) is 56.1 Å². The lowest BCUT2D eigenvalue weighted by atomic mass is 10.2. The van der Waals surface area contributed by atoms with Gasteiger partial charge in [-0.2, -0.15) is 5.26 Å². The van der Waals surface area contributed by atoms with E-state index in [9.17, 15) is 4.79 Å². The Labute approximate surface area is 115 Å². The average Bonchev–Trinajstić information content (AvgIpc) is 2.43. The molecule has 1 N–H and O–H groups in total. The largest absolute Gasteiger partial charge is 0.326 e. The molecule has 0 saturated heterocycles. The lowest BCUT2D eigenvalue weighted by Gasteiger charge is -2.18. The lowest BCUT2D eigenvalue weighted by Crippen LogP contribution is -2.28. The molecule has 1 amide bonds. The number of hydrogen-bond donors (Lipinski definition) is 1. The van der Waals surface area contributed by atoms with Crippen LogP contribution in [-0.2, 0) is 4.79 Å². The van der Waals surface area contributed by atoms with Gasteiger partial charge in [-0.25, -0.2) is 0 Å². The van der Waals surface area contributed by atoms with Crippen LogP contribution in [0.25, 0.3) is 0 Å². The summed E-state index contributed by atoms with van der Waals surface area (Å²) in [6.07, 6.45) is 1.57. The maximum absolute atomic E-state index is 11.8. The van der Waals surface area contributed by atoms with Crippen molar-refractivity contribution in [1.82, 2.24) is 4.90 Å². The maximum atomic E-state index is 11.8. The molecule has 0 atom stereocenters. The summed E-state index contributed by atoms with van der Waals surface area (Å²) in [6, 6.07) is 9.02. The average molecular weight is 259 g/mol. The van der Waals surface area contributed by atoms with Gasteiger partial charge in [0.1, 0.15) is 0 Å². The summed E-state index contributed by atoms with van der Waals surface area (Å²) in [4.78, 5) is 14.1. The summed E-state index contributed by atoms with van der Waals surface area (Å²) in [7, 11) is 0. The summed E-state index contributed by atoms with van der Waals surface area (Å²) in [5.74, 6) is -0.00959. The van der Waals surface area contributed by atoms with Crippen molar-refractivity contribution < 1.29 is 4.79 Å². The lowest BCUT2D eigenvalue weighted by molar-refractivity contribution is -0.116. The summed E-state index contributed by atoms with van der Waals surface area (Å²) in [5, 5.41) is 11.6. The molecule has 0 spiro atoms. The Balaban J connectivity index is 2.44. The first-order valence-electron chi connectivity index (χ1n) is 6.72. The van der Waals surface area contributed by atoms with Crippen LogP contribution in [0.4, 0.5) is 5.69 Å². The van der Waals surface area contributed by atoms with Crippen molar-refractivity contribution in [2.45, 2.75) is 26.7 Å². The fraction of sp³-hybridized carbons (Fsp3) is 0.467. The molecule has 0 fully saturated rings. The molecule has 0 aliphatic carbocycles. The molecule has 0 radical (unpaired) electrons. The molecule has 4 heteroatoms. The Morgan fingerprint density at radius 1 is 1.37 bits per heavy atom. The molecular formula is C15H21N3O. The first kappa shape index (κ1) is 15.2. The SMILES string of the molecule is CCCN(CC)CCC(=O)Nc1cccc(C#N)c1.